The summed E-state index contributed by atoms with van der Waals surface area (Å²) in [5.74, 6) is 1.14. The Morgan fingerprint density at radius 1 is 1.77 bits per heavy atom. The maximum Gasteiger partial charge on any atom is 0.352 e. The summed E-state index contributed by atoms with van der Waals surface area (Å²) in [5.41, 5.74) is 4.76. The van der Waals surface area contributed by atoms with Crippen LogP contribution >= 0.6 is 11.8 Å². The Morgan fingerprint density at radius 2 is 2.62 bits per heavy atom. The van der Waals surface area contributed by atoms with Gasteiger partial charge in [-0.15, -0.1) is 11.8 Å². The Hall–Kier alpha value is -1.01. The average molecular weight is 199 g/mol. The van der Waals surface area contributed by atoms with E-state index < -0.39 is 0 Å². The van der Waals surface area contributed by atoms with Crippen LogP contribution < -0.4 is 11.4 Å². The molecule has 1 aliphatic heterocycles. The van der Waals surface area contributed by atoms with E-state index in [-0.39, 0.29) is 17.1 Å². The zero-order valence-electron chi connectivity index (χ0n) is 6.84. The fourth-order valence-corrected chi connectivity index (χ4v) is 2.00. The number of nitrogens with zero attached hydrogens (tertiary/aromatic N) is 2. The molecule has 1 unspecified atom stereocenters. The second kappa shape index (κ2) is 3.39. The normalized spacial score (nSPS) is 22.0. The van der Waals surface area contributed by atoms with Crippen molar-refractivity contribution in [3.8, 4) is 0 Å². The third-order valence-electron chi connectivity index (χ3n) is 1.68. The van der Waals surface area contributed by atoms with Crippen molar-refractivity contribution < 1.29 is 4.74 Å². The van der Waals surface area contributed by atoms with Crippen LogP contribution in [0.5, 0.6) is 0 Å². The van der Waals surface area contributed by atoms with Gasteiger partial charge in [0.2, 0.25) is 0 Å². The summed E-state index contributed by atoms with van der Waals surface area (Å²) >= 11 is 1.58. The monoisotopic (exact) mass is 199 g/mol. The molecule has 0 saturated carbocycles. The van der Waals surface area contributed by atoms with E-state index in [1.165, 1.54) is 4.57 Å². The molecule has 1 aromatic heterocycles. The van der Waals surface area contributed by atoms with Crippen molar-refractivity contribution in [1.82, 2.24) is 9.55 Å². The number of hydrogen-bond acceptors (Lipinski definition) is 5. The van der Waals surface area contributed by atoms with Crippen LogP contribution in [-0.4, -0.2) is 21.9 Å². The van der Waals surface area contributed by atoms with E-state index in [2.05, 4.69) is 4.98 Å². The van der Waals surface area contributed by atoms with Gasteiger partial charge in [0, 0.05) is 11.9 Å². The minimum absolute atomic E-state index is 0.236. The molecule has 0 aliphatic carbocycles. The number of thioether (sulfide) groups is 1. The van der Waals surface area contributed by atoms with Gasteiger partial charge in [0.25, 0.3) is 0 Å². The van der Waals surface area contributed by atoms with Gasteiger partial charge < -0.3 is 10.5 Å². The molecule has 0 spiro atoms. The minimum Gasteiger partial charge on any atom is -0.383 e. The molecule has 5 nitrogen and oxygen atoms in total. The summed E-state index contributed by atoms with van der Waals surface area (Å²) in [6, 6.07) is 1.59. The summed E-state index contributed by atoms with van der Waals surface area (Å²) < 4.78 is 6.74. The predicted octanol–water partition coefficient (Wildman–Crippen LogP) is 0.0450. The van der Waals surface area contributed by atoms with Crippen LogP contribution in [0.15, 0.2) is 17.1 Å². The van der Waals surface area contributed by atoms with Gasteiger partial charge in [-0.25, -0.2) is 4.79 Å². The van der Waals surface area contributed by atoms with E-state index in [9.17, 15) is 4.79 Å². The van der Waals surface area contributed by atoms with Crippen LogP contribution in [0.25, 0.3) is 0 Å². The van der Waals surface area contributed by atoms with E-state index in [1.54, 1.807) is 24.0 Å². The van der Waals surface area contributed by atoms with Crippen molar-refractivity contribution in [3.05, 3.63) is 22.7 Å². The van der Waals surface area contributed by atoms with Gasteiger partial charge >= 0.3 is 5.69 Å². The zero-order valence-corrected chi connectivity index (χ0v) is 7.66. The van der Waals surface area contributed by atoms with Crippen LogP contribution in [0.3, 0.4) is 0 Å². The first kappa shape index (κ1) is 8.58. The average Bonchev–Trinajstić information content (AvgIpc) is 2.56. The van der Waals surface area contributed by atoms with E-state index in [0.29, 0.717) is 6.61 Å². The molecule has 2 N–H and O–H groups in total. The van der Waals surface area contributed by atoms with Gasteiger partial charge in [0.1, 0.15) is 5.82 Å². The summed E-state index contributed by atoms with van der Waals surface area (Å²) in [7, 11) is 0. The molecule has 1 aromatic rings. The molecule has 1 aliphatic rings. The van der Waals surface area contributed by atoms with Crippen molar-refractivity contribution in [1.29, 1.82) is 0 Å². The predicted molar refractivity (Wildman–Crippen MR) is 50.4 cm³/mol. The maximum atomic E-state index is 11.3. The second-order valence-corrected chi connectivity index (χ2v) is 3.74. The van der Waals surface area contributed by atoms with E-state index >= 15 is 0 Å². The second-order valence-electron chi connectivity index (χ2n) is 2.59. The molecule has 1 saturated heterocycles. The van der Waals surface area contributed by atoms with Gasteiger partial charge in [-0.2, -0.15) is 4.98 Å². The molecule has 70 valence electrons. The van der Waals surface area contributed by atoms with Crippen LogP contribution in [0.4, 0.5) is 5.82 Å². The molecule has 2 rings (SSSR count). The Balaban J connectivity index is 2.34. The Labute approximate surface area is 78.9 Å². The first-order chi connectivity index (χ1) is 6.27. The smallest absolute Gasteiger partial charge is 0.352 e. The van der Waals surface area contributed by atoms with Crippen LogP contribution in [0, 0.1) is 0 Å². The summed E-state index contributed by atoms with van der Waals surface area (Å²) in [4.78, 5) is 14.9. The van der Waals surface area contributed by atoms with Gasteiger partial charge in [-0.05, 0) is 6.07 Å². The SMILES string of the molecule is Nc1ccn(C2OCCS2)c(=O)n1. The summed E-state index contributed by atoms with van der Waals surface area (Å²) in [5, 5.41) is 0. The number of aromatic nitrogens is 2. The molecule has 1 fully saturated rings. The highest BCUT2D eigenvalue weighted by atomic mass is 32.2. The number of rotatable bonds is 1. The maximum absolute atomic E-state index is 11.3. The molecule has 2 heterocycles. The molecule has 0 amide bonds. The molecule has 6 heteroatoms. The van der Waals surface area contributed by atoms with Crippen molar-refractivity contribution in [2.24, 2.45) is 0 Å². The van der Waals surface area contributed by atoms with Crippen LogP contribution in [0.1, 0.15) is 5.56 Å². The van der Waals surface area contributed by atoms with Crippen LogP contribution in [-0.2, 0) is 4.74 Å². The fraction of sp³-hybridized carbons (Fsp3) is 0.429. The third-order valence-corrected chi connectivity index (χ3v) is 2.73. The molecule has 0 aromatic carbocycles. The number of nitrogen functional groups attached to an aromatic ring is 1. The van der Waals surface area contributed by atoms with Crippen molar-refractivity contribution in [3.63, 3.8) is 0 Å². The third kappa shape index (κ3) is 1.68. The summed E-state index contributed by atoms with van der Waals surface area (Å²) in [6.45, 7) is 0.673. The highest BCUT2D eigenvalue weighted by molar-refractivity contribution is 7.99. The summed E-state index contributed by atoms with van der Waals surface area (Å²) in [6.07, 6.45) is 1.60. The number of ether oxygens (including phenoxy) is 1. The van der Waals surface area contributed by atoms with Gasteiger partial charge in [0.15, 0.2) is 5.56 Å². The Morgan fingerprint density at radius 3 is 3.23 bits per heavy atom. The Kier molecular flexibility index (Phi) is 2.24. The molecule has 13 heavy (non-hydrogen) atoms. The fourth-order valence-electron chi connectivity index (χ4n) is 1.09. The lowest BCUT2D eigenvalue weighted by atomic mass is 10.6. The highest BCUT2D eigenvalue weighted by Gasteiger charge is 2.18. The molecular formula is C7H9N3O2S. The number of hydrogen-bond donors (Lipinski definition) is 1. The molecule has 1 atom stereocenters. The Bertz CT molecular complexity index is 359. The lowest BCUT2D eigenvalue weighted by Gasteiger charge is -2.10. The molecule has 0 bridgehead atoms. The highest BCUT2D eigenvalue weighted by Crippen LogP contribution is 2.28. The largest absolute Gasteiger partial charge is 0.383 e. The lowest BCUT2D eigenvalue weighted by Crippen LogP contribution is -2.25. The van der Waals surface area contributed by atoms with Gasteiger partial charge in [-0.1, -0.05) is 0 Å². The standard InChI is InChI=1S/C7H9N3O2S/c8-5-1-2-10(6(11)9-5)7-12-3-4-13-7/h1-2,7H,3-4H2,(H2,8,9,11). The first-order valence-corrected chi connectivity index (χ1v) is 4.90. The number of anilines is 1. The first-order valence-electron chi connectivity index (χ1n) is 3.85. The van der Waals surface area contributed by atoms with Crippen molar-refractivity contribution >= 4 is 17.6 Å². The number of nitrogens with two attached hydrogens (primary N) is 1. The van der Waals surface area contributed by atoms with Crippen molar-refractivity contribution in [2.75, 3.05) is 18.1 Å². The minimum atomic E-state index is -0.362. The van der Waals surface area contributed by atoms with Gasteiger partial charge in [-0.3, -0.25) is 4.57 Å². The van der Waals surface area contributed by atoms with Crippen molar-refractivity contribution in [2.45, 2.75) is 5.56 Å². The quantitative estimate of drug-likeness (QED) is 0.691. The topological polar surface area (TPSA) is 70.1 Å². The molecule has 0 radical (unpaired) electrons. The van der Waals surface area contributed by atoms with Crippen LogP contribution in [0.2, 0.25) is 0 Å². The zero-order chi connectivity index (χ0) is 9.26. The van der Waals surface area contributed by atoms with Gasteiger partial charge in [0.05, 0.1) is 6.61 Å². The lowest BCUT2D eigenvalue weighted by molar-refractivity contribution is 0.0933. The van der Waals surface area contributed by atoms with E-state index in [0.717, 1.165) is 5.75 Å². The van der Waals surface area contributed by atoms with E-state index in [4.69, 9.17) is 10.5 Å². The van der Waals surface area contributed by atoms with E-state index in [1.807, 2.05) is 0 Å². The molecular weight excluding hydrogens is 190 g/mol.